The van der Waals surface area contributed by atoms with E-state index >= 15 is 0 Å². The molecule has 112 valence electrons. The molecule has 0 aliphatic heterocycles. The molecule has 1 nitrogen and oxygen atoms in total. The lowest BCUT2D eigenvalue weighted by Crippen LogP contribution is -2.37. The highest BCUT2D eigenvalue weighted by Gasteiger charge is 2.31. The molecule has 1 aliphatic rings. The van der Waals surface area contributed by atoms with Crippen molar-refractivity contribution in [1.82, 2.24) is 0 Å². The lowest BCUT2D eigenvalue weighted by molar-refractivity contribution is 0.293. The van der Waals surface area contributed by atoms with E-state index in [4.69, 9.17) is 12.6 Å². The van der Waals surface area contributed by atoms with Crippen LogP contribution in [0.2, 0.25) is 0 Å². The van der Waals surface area contributed by atoms with Gasteiger partial charge in [-0.1, -0.05) is 31.7 Å². The molecule has 20 heavy (non-hydrogen) atoms. The molecule has 1 aromatic rings. The minimum Gasteiger partial charge on any atom is -0.374 e. The molecule has 0 N–H and O–H groups in total. The molecule has 0 atom stereocenters. The minimum absolute atomic E-state index is 0.409. The summed E-state index contributed by atoms with van der Waals surface area (Å²) in [6.07, 6.45) is 8.24. The van der Waals surface area contributed by atoms with Crippen molar-refractivity contribution in [2.45, 2.75) is 52.4 Å². The van der Waals surface area contributed by atoms with E-state index in [1.54, 1.807) is 0 Å². The first kappa shape index (κ1) is 15.8. The number of aryl methyl sites for hydroxylation is 2. The Morgan fingerprint density at radius 2 is 1.55 bits per heavy atom. The number of anilines is 1. The van der Waals surface area contributed by atoms with E-state index in [2.05, 4.69) is 44.0 Å². The first-order valence-electron chi connectivity index (χ1n) is 7.95. The SMILES string of the molecule is Cc1cc(C)cc(N(C)CC2(CS)CCCCCC2)c1. The van der Waals surface area contributed by atoms with Crippen LogP contribution < -0.4 is 4.90 Å². The Balaban J connectivity index is 2.13. The zero-order valence-electron chi connectivity index (χ0n) is 13.3. The summed E-state index contributed by atoms with van der Waals surface area (Å²) in [6.45, 7) is 5.51. The maximum Gasteiger partial charge on any atom is 0.0369 e. The van der Waals surface area contributed by atoms with E-state index < -0.39 is 0 Å². The summed E-state index contributed by atoms with van der Waals surface area (Å²) >= 11 is 4.70. The lowest BCUT2D eigenvalue weighted by Gasteiger charge is -2.36. The Morgan fingerprint density at radius 1 is 1.00 bits per heavy atom. The average molecular weight is 292 g/mol. The van der Waals surface area contributed by atoms with Crippen molar-refractivity contribution in [3.05, 3.63) is 29.3 Å². The Hall–Kier alpha value is -0.630. The second-order valence-electron chi connectivity index (χ2n) is 6.77. The smallest absolute Gasteiger partial charge is 0.0369 e. The van der Waals surface area contributed by atoms with Crippen LogP contribution in [0.25, 0.3) is 0 Å². The van der Waals surface area contributed by atoms with Crippen molar-refractivity contribution in [3.63, 3.8) is 0 Å². The molecule has 1 aliphatic carbocycles. The van der Waals surface area contributed by atoms with Gasteiger partial charge in [0.2, 0.25) is 0 Å². The Morgan fingerprint density at radius 3 is 2.05 bits per heavy atom. The van der Waals surface area contributed by atoms with Crippen LogP contribution >= 0.6 is 12.6 Å². The molecule has 0 spiro atoms. The summed E-state index contributed by atoms with van der Waals surface area (Å²) in [6, 6.07) is 6.85. The monoisotopic (exact) mass is 291 g/mol. The molecule has 0 aromatic heterocycles. The number of rotatable bonds is 4. The highest BCUT2D eigenvalue weighted by atomic mass is 32.1. The number of hydrogen-bond acceptors (Lipinski definition) is 2. The number of nitrogens with zero attached hydrogens (tertiary/aromatic N) is 1. The van der Waals surface area contributed by atoms with Crippen LogP contribution in [-0.4, -0.2) is 19.3 Å². The molecule has 2 heteroatoms. The third-order valence-corrected chi connectivity index (χ3v) is 5.39. The van der Waals surface area contributed by atoms with E-state index in [1.165, 1.54) is 55.3 Å². The van der Waals surface area contributed by atoms with Crippen LogP contribution in [0.3, 0.4) is 0 Å². The molecular formula is C18H29NS. The van der Waals surface area contributed by atoms with Gasteiger partial charge < -0.3 is 4.90 Å². The summed E-state index contributed by atoms with van der Waals surface area (Å²) in [5, 5.41) is 0. The van der Waals surface area contributed by atoms with Crippen LogP contribution in [0.5, 0.6) is 0 Å². The number of benzene rings is 1. The second-order valence-corrected chi connectivity index (χ2v) is 7.09. The normalized spacial score (nSPS) is 18.6. The van der Waals surface area contributed by atoms with Crippen molar-refractivity contribution >= 4 is 18.3 Å². The van der Waals surface area contributed by atoms with E-state index in [9.17, 15) is 0 Å². The lowest BCUT2D eigenvalue weighted by atomic mass is 9.81. The predicted molar refractivity (Wildman–Crippen MR) is 93.2 cm³/mol. The van der Waals surface area contributed by atoms with Crippen LogP contribution in [0, 0.1) is 19.3 Å². The largest absolute Gasteiger partial charge is 0.374 e. The zero-order chi connectivity index (χ0) is 14.6. The standard InChI is InChI=1S/C18H29NS/c1-15-10-16(2)12-17(11-15)19(3)13-18(14-20)8-6-4-5-7-9-18/h10-12,20H,4-9,13-14H2,1-3H3. The number of thiol groups is 1. The molecule has 2 rings (SSSR count). The second kappa shape index (κ2) is 6.89. The van der Waals surface area contributed by atoms with E-state index in [-0.39, 0.29) is 0 Å². The quantitative estimate of drug-likeness (QED) is 0.603. The summed E-state index contributed by atoms with van der Waals surface area (Å²) < 4.78 is 0. The minimum atomic E-state index is 0.409. The maximum absolute atomic E-state index is 4.70. The van der Waals surface area contributed by atoms with Gasteiger partial charge in [-0.2, -0.15) is 12.6 Å². The van der Waals surface area contributed by atoms with Crippen molar-refractivity contribution in [2.75, 3.05) is 24.2 Å². The summed E-state index contributed by atoms with van der Waals surface area (Å²) in [5.41, 5.74) is 4.47. The van der Waals surface area contributed by atoms with Crippen molar-refractivity contribution in [2.24, 2.45) is 5.41 Å². The molecule has 0 bridgehead atoms. The van der Waals surface area contributed by atoms with Gasteiger partial charge in [-0.15, -0.1) is 0 Å². The number of hydrogen-bond donors (Lipinski definition) is 1. The zero-order valence-corrected chi connectivity index (χ0v) is 14.2. The van der Waals surface area contributed by atoms with Crippen LogP contribution in [0.1, 0.15) is 49.7 Å². The molecule has 1 saturated carbocycles. The van der Waals surface area contributed by atoms with Gasteiger partial charge in [0.05, 0.1) is 0 Å². The first-order chi connectivity index (χ1) is 9.54. The van der Waals surface area contributed by atoms with Crippen LogP contribution in [-0.2, 0) is 0 Å². The molecule has 0 amide bonds. The highest BCUT2D eigenvalue weighted by Crippen LogP contribution is 2.37. The van der Waals surface area contributed by atoms with Crippen molar-refractivity contribution in [3.8, 4) is 0 Å². The molecule has 1 aromatic carbocycles. The Bertz CT molecular complexity index is 413. The highest BCUT2D eigenvalue weighted by molar-refractivity contribution is 7.80. The summed E-state index contributed by atoms with van der Waals surface area (Å²) in [4.78, 5) is 2.45. The fourth-order valence-electron chi connectivity index (χ4n) is 3.61. The molecule has 1 fully saturated rings. The third kappa shape index (κ3) is 3.94. The third-order valence-electron chi connectivity index (χ3n) is 4.72. The van der Waals surface area contributed by atoms with Gasteiger partial charge in [0.15, 0.2) is 0 Å². The van der Waals surface area contributed by atoms with E-state index in [0.29, 0.717) is 5.41 Å². The van der Waals surface area contributed by atoms with Gasteiger partial charge in [0.25, 0.3) is 0 Å². The van der Waals surface area contributed by atoms with Crippen LogP contribution in [0.15, 0.2) is 18.2 Å². The molecule has 0 heterocycles. The van der Waals surface area contributed by atoms with Gasteiger partial charge >= 0.3 is 0 Å². The van der Waals surface area contributed by atoms with Gasteiger partial charge in [0, 0.05) is 19.3 Å². The van der Waals surface area contributed by atoms with Gasteiger partial charge in [0.1, 0.15) is 0 Å². The predicted octanol–water partition coefficient (Wildman–Crippen LogP) is 5.01. The van der Waals surface area contributed by atoms with Gasteiger partial charge in [-0.05, 0) is 61.1 Å². The van der Waals surface area contributed by atoms with Gasteiger partial charge in [-0.3, -0.25) is 0 Å². The Labute approximate surface area is 130 Å². The summed E-state index contributed by atoms with van der Waals surface area (Å²) in [7, 11) is 2.24. The molecule has 0 radical (unpaired) electrons. The topological polar surface area (TPSA) is 3.24 Å². The molecule has 0 unspecified atom stereocenters. The van der Waals surface area contributed by atoms with E-state index in [0.717, 1.165) is 12.3 Å². The average Bonchev–Trinajstić information content (AvgIpc) is 2.64. The van der Waals surface area contributed by atoms with Crippen molar-refractivity contribution in [1.29, 1.82) is 0 Å². The van der Waals surface area contributed by atoms with E-state index in [1.807, 2.05) is 0 Å². The maximum atomic E-state index is 4.70. The summed E-state index contributed by atoms with van der Waals surface area (Å²) in [5.74, 6) is 1.02. The van der Waals surface area contributed by atoms with Crippen molar-refractivity contribution < 1.29 is 0 Å². The fourth-order valence-corrected chi connectivity index (χ4v) is 4.03. The molecular weight excluding hydrogens is 262 g/mol. The molecule has 0 saturated heterocycles. The first-order valence-corrected chi connectivity index (χ1v) is 8.58. The Kier molecular flexibility index (Phi) is 5.42. The van der Waals surface area contributed by atoms with Gasteiger partial charge in [-0.25, -0.2) is 0 Å². The van der Waals surface area contributed by atoms with Crippen LogP contribution in [0.4, 0.5) is 5.69 Å². The fraction of sp³-hybridized carbons (Fsp3) is 0.667.